The van der Waals surface area contributed by atoms with Crippen molar-refractivity contribution in [1.29, 1.82) is 0 Å². The highest BCUT2D eigenvalue weighted by Crippen LogP contribution is 2.23. The second-order valence-electron chi connectivity index (χ2n) is 3.64. The molecular formula is C12H15BrClNO2. The zero-order valence-electron chi connectivity index (χ0n) is 9.62. The quantitative estimate of drug-likeness (QED) is 0.846. The summed E-state index contributed by atoms with van der Waals surface area (Å²) in [7, 11) is 0. The van der Waals surface area contributed by atoms with E-state index in [-0.39, 0.29) is 17.2 Å². The van der Waals surface area contributed by atoms with E-state index < -0.39 is 0 Å². The lowest BCUT2D eigenvalue weighted by Crippen LogP contribution is -2.33. The molecule has 0 aromatic heterocycles. The Kier molecular flexibility index (Phi) is 5.78. The maximum atomic E-state index is 12.2. The number of hydrogen-bond acceptors (Lipinski definition) is 2. The van der Waals surface area contributed by atoms with Crippen molar-refractivity contribution in [2.24, 2.45) is 0 Å². The third-order valence-corrected chi connectivity index (χ3v) is 2.91. The van der Waals surface area contributed by atoms with Gasteiger partial charge in [0, 0.05) is 23.4 Å². The van der Waals surface area contributed by atoms with E-state index in [0.717, 1.165) is 6.42 Å². The standard InChI is InChI=1S/C12H15BrClNO2/c1-2-6-15(7-5-13)12(17)10-8-9(14)3-4-11(10)16/h3-4,8,16H,2,5-7H2,1H3. The Morgan fingerprint density at radius 2 is 2.18 bits per heavy atom. The van der Waals surface area contributed by atoms with Gasteiger partial charge in [0.2, 0.25) is 0 Å². The lowest BCUT2D eigenvalue weighted by atomic mass is 10.1. The van der Waals surface area contributed by atoms with Crippen LogP contribution < -0.4 is 0 Å². The predicted molar refractivity (Wildman–Crippen MR) is 73.1 cm³/mol. The van der Waals surface area contributed by atoms with Gasteiger partial charge in [-0.3, -0.25) is 4.79 Å². The summed E-state index contributed by atoms with van der Waals surface area (Å²) >= 11 is 9.14. The van der Waals surface area contributed by atoms with E-state index in [9.17, 15) is 9.90 Å². The van der Waals surface area contributed by atoms with E-state index >= 15 is 0 Å². The van der Waals surface area contributed by atoms with Crippen molar-refractivity contribution in [1.82, 2.24) is 4.90 Å². The van der Waals surface area contributed by atoms with Crippen molar-refractivity contribution in [2.45, 2.75) is 13.3 Å². The van der Waals surface area contributed by atoms with Gasteiger partial charge in [0.25, 0.3) is 5.91 Å². The first-order valence-corrected chi connectivity index (χ1v) is 6.93. The first kappa shape index (κ1) is 14.3. The van der Waals surface area contributed by atoms with Crippen LogP contribution >= 0.6 is 27.5 Å². The van der Waals surface area contributed by atoms with E-state index in [1.54, 1.807) is 11.0 Å². The van der Waals surface area contributed by atoms with Crippen molar-refractivity contribution < 1.29 is 9.90 Å². The van der Waals surface area contributed by atoms with Gasteiger partial charge in [0.15, 0.2) is 0 Å². The third kappa shape index (κ3) is 3.89. The van der Waals surface area contributed by atoms with Gasteiger partial charge in [0.1, 0.15) is 5.75 Å². The molecule has 1 rings (SSSR count). The van der Waals surface area contributed by atoms with Crippen LogP contribution in [0.3, 0.4) is 0 Å². The molecule has 1 aromatic rings. The molecule has 1 amide bonds. The Hall–Kier alpha value is -0.740. The molecule has 0 aliphatic heterocycles. The average molecular weight is 321 g/mol. The Morgan fingerprint density at radius 1 is 1.47 bits per heavy atom. The topological polar surface area (TPSA) is 40.5 Å². The van der Waals surface area contributed by atoms with Crippen molar-refractivity contribution >= 4 is 33.4 Å². The Bertz CT molecular complexity index is 392. The van der Waals surface area contributed by atoms with Gasteiger partial charge in [-0.05, 0) is 24.6 Å². The summed E-state index contributed by atoms with van der Waals surface area (Å²) in [5.74, 6) is -0.221. The van der Waals surface area contributed by atoms with Crippen LogP contribution in [0.25, 0.3) is 0 Å². The summed E-state index contributed by atoms with van der Waals surface area (Å²) in [5, 5.41) is 10.8. The van der Waals surface area contributed by atoms with Gasteiger partial charge in [-0.1, -0.05) is 34.5 Å². The van der Waals surface area contributed by atoms with Crippen molar-refractivity contribution in [3.05, 3.63) is 28.8 Å². The Balaban J connectivity index is 2.95. The van der Waals surface area contributed by atoms with E-state index in [0.29, 0.717) is 23.4 Å². The number of phenolic OH excluding ortho intramolecular Hbond substituents is 1. The highest BCUT2D eigenvalue weighted by atomic mass is 79.9. The highest BCUT2D eigenvalue weighted by Gasteiger charge is 2.18. The number of hydrogen-bond donors (Lipinski definition) is 1. The number of halogens is 2. The molecule has 94 valence electrons. The van der Waals surface area contributed by atoms with Crippen LogP contribution in [-0.2, 0) is 0 Å². The van der Waals surface area contributed by atoms with Crippen LogP contribution in [0, 0.1) is 0 Å². The van der Waals surface area contributed by atoms with Crippen LogP contribution in [0.4, 0.5) is 0 Å². The number of carbonyl (C=O) groups is 1. The molecule has 0 saturated heterocycles. The summed E-state index contributed by atoms with van der Waals surface area (Å²) in [6.07, 6.45) is 0.875. The predicted octanol–water partition coefficient (Wildman–Crippen LogP) is 3.29. The van der Waals surface area contributed by atoms with Crippen LogP contribution in [-0.4, -0.2) is 34.3 Å². The van der Waals surface area contributed by atoms with E-state index in [2.05, 4.69) is 15.9 Å². The van der Waals surface area contributed by atoms with Crippen molar-refractivity contribution in [2.75, 3.05) is 18.4 Å². The van der Waals surface area contributed by atoms with E-state index in [1.807, 2.05) is 6.92 Å². The molecule has 0 radical (unpaired) electrons. The lowest BCUT2D eigenvalue weighted by molar-refractivity contribution is 0.0763. The van der Waals surface area contributed by atoms with Gasteiger partial charge in [-0.25, -0.2) is 0 Å². The van der Waals surface area contributed by atoms with Gasteiger partial charge >= 0.3 is 0 Å². The number of carbonyl (C=O) groups excluding carboxylic acids is 1. The Morgan fingerprint density at radius 3 is 2.76 bits per heavy atom. The molecule has 0 unspecified atom stereocenters. The minimum absolute atomic E-state index is 0.0323. The van der Waals surface area contributed by atoms with Gasteiger partial charge in [-0.2, -0.15) is 0 Å². The van der Waals surface area contributed by atoms with Crippen LogP contribution in [0.2, 0.25) is 5.02 Å². The molecule has 3 nitrogen and oxygen atoms in total. The van der Waals surface area contributed by atoms with Crippen LogP contribution in [0.5, 0.6) is 5.75 Å². The first-order chi connectivity index (χ1) is 8.10. The van der Waals surface area contributed by atoms with Crippen molar-refractivity contribution in [3.63, 3.8) is 0 Å². The fourth-order valence-corrected chi connectivity index (χ4v) is 2.14. The largest absolute Gasteiger partial charge is 0.507 e. The number of phenols is 1. The summed E-state index contributed by atoms with van der Waals surface area (Å²) in [6, 6.07) is 4.49. The lowest BCUT2D eigenvalue weighted by Gasteiger charge is -2.21. The maximum absolute atomic E-state index is 12.2. The molecule has 5 heteroatoms. The molecule has 0 heterocycles. The number of benzene rings is 1. The molecule has 1 N–H and O–H groups in total. The monoisotopic (exact) mass is 319 g/mol. The number of nitrogens with zero attached hydrogens (tertiary/aromatic N) is 1. The van der Waals surface area contributed by atoms with Gasteiger partial charge < -0.3 is 10.0 Å². The normalized spacial score (nSPS) is 10.3. The minimum atomic E-state index is -0.189. The SMILES string of the molecule is CCCN(CCBr)C(=O)c1cc(Cl)ccc1O. The molecule has 0 spiro atoms. The molecule has 1 aromatic carbocycles. The zero-order valence-corrected chi connectivity index (χ0v) is 12.0. The smallest absolute Gasteiger partial charge is 0.257 e. The molecule has 0 fully saturated rings. The van der Waals surface area contributed by atoms with Crippen LogP contribution in [0.1, 0.15) is 23.7 Å². The summed E-state index contributed by atoms with van der Waals surface area (Å²) in [5.41, 5.74) is 0.256. The molecule has 0 bridgehead atoms. The fraction of sp³-hybridized carbons (Fsp3) is 0.417. The number of amides is 1. The highest BCUT2D eigenvalue weighted by molar-refractivity contribution is 9.09. The van der Waals surface area contributed by atoms with Crippen LogP contribution in [0.15, 0.2) is 18.2 Å². The third-order valence-electron chi connectivity index (χ3n) is 2.32. The fourth-order valence-electron chi connectivity index (χ4n) is 1.54. The first-order valence-electron chi connectivity index (χ1n) is 5.44. The minimum Gasteiger partial charge on any atom is -0.507 e. The average Bonchev–Trinajstić information content (AvgIpc) is 2.31. The summed E-state index contributed by atoms with van der Waals surface area (Å²) < 4.78 is 0. The van der Waals surface area contributed by atoms with Crippen molar-refractivity contribution in [3.8, 4) is 5.75 Å². The second kappa shape index (κ2) is 6.87. The molecule has 0 atom stereocenters. The Labute approximate surface area is 115 Å². The summed E-state index contributed by atoms with van der Waals surface area (Å²) in [4.78, 5) is 13.9. The van der Waals surface area contributed by atoms with Gasteiger partial charge in [0.05, 0.1) is 5.56 Å². The number of aromatic hydroxyl groups is 1. The number of rotatable bonds is 5. The van der Waals surface area contributed by atoms with E-state index in [4.69, 9.17) is 11.6 Å². The van der Waals surface area contributed by atoms with Gasteiger partial charge in [-0.15, -0.1) is 0 Å². The molecule has 0 aliphatic carbocycles. The van der Waals surface area contributed by atoms with E-state index in [1.165, 1.54) is 12.1 Å². The summed E-state index contributed by atoms with van der Waals surface area (Å²) in [6.45, 7) is 3.28. The molecule has 0 saturated carbocycles. The second-order valence-corrected chi connectivity index (χ2v) is 4.87. The number of alkyl halides is 1. The maximum Gasteiger partial charge on any atom is 0.257 e. The zero-order chi connectivity index (χ0) is 12.8. The molecular weight excluding hydrogens is 305 g/mol. The molecule has 17 heavy (non-hydrogen) atoms. The molecule has 0 aliphatic rings.